The number of aromatic nitrogens is 3. The topological polar surface area (TPSA) is 30.2 Å². The van der Waals surface area contributed by atoms with Gasteiger partial charge in [0.25, 0.3) is 0 Å². The van der Waals surface area contributed by atoms with Crippen molar-refractivity contribution in [1.82, 2.24) is 14.4 Å². The van der Waals surface area contributed by atoms with Crippen molar-refractivity contribution in [3.63, 3.8) is 0 Å². The first-order valence-electron chi connectivity index (χ1n) is 4.22. The van der Waals surface area contributed by atoms with Crippen LogP contribution in [0.15, 0.2) is 41.4 Å². The van der Waals surface area contributed by atoms with E-state index in [1.165, 1.54) is 0 Å². The second-order valence-electron chi connectivity index (χ2n) is 3.02. The molecule has 0 saturated heterocycles. The van der Waals surface area contributed by atoms with E-state index in [0.717, 1.165) is 21.0 Å². The van der Waals surface area contributed by atoms with E-state index in [1.54, 1.807) is 18.7 Å². The van der Waals surface area contributed by atoms with Crippen molar-refractivity contribution in [2.45, 2.75) is 0 Å². The minimum absolute atomic E-state index is 0.933. The lowest BCUT2D eigenvalue weighted by molar-refractivity contribution is 1.10. The highest BCUT2D eigenvalue weighted by Crippen LogP contribution is 2.29. The summed E-state index contributed by atoms with van der Waals surface area (Å²) in [7, 11) is 0. The number of rotatable bonds is 0. The smallest absolute Gasteiger partial charge is 0.146 e. The lowest BCUT2D eigenvalue weighted by Gasteiger charge is -1.92. The lowest BCUT2D eigenvalue weighted by atomic mass is 10.3. The molecule has 14 heavy (non-hydrogen) atoms. The van der Waals surface area contributed by atoms with Crippen molar-refractivity contribution in [1.29, 1.82) is 0 Å². The Morgan fingerprint density at radius 1 is 1.21 bits per heavy atom. The van der Waals surface area contributed by atoms with Crippen LogP contribution in [-0.4, -0.2) is 14.4 Å². The molecule has 4 heteroatoms. The first-order chi connectivity index (χ1) is 6.88. The number of hydrogen-bond donors (Lipinski definition) is 0. The molecule has 0 aliphatic rings. The summed E-state index contributed by atoms with van der Waals surface area (Å²) < 4.78 is 3.04. The van der Waals surface area contributed by atoms with Gasteiger partial charge in [0.2, 0.25) is 0 Å². The maximum absolute atomic E-state index is 4.32. The predicted octanol–water partition coefficient (Wildman–Crippen LogP) is 2.65. The van der Waals surface area contributed by atoms with Gasteiger partial charge in [-0.15, -0.1) is 0 Å². The fourth-order valence-corrected chi connectivity index (χ4v) is 2.24. The van der Waals surface area contributed by atoms with Crippen LogP contribution < -0.4 is 0 Å². The monoisotopic (exact) mass is 247 g/mol. The maximum Gasteiger partial charge on any atom is 0.146 e. The molecule has 0 saturated carbocycles. The van der Waals surface area contributed by atoms with E-state index in [4.69, 9.17) is 0 Å². The molecular formula is C10H6BrN3. The van der Waals surface area contributed by atoms with Gasteiger partial charge in [0, 0.05) is 17.8 Å². The molecule has 68 valence electrons. The highest BCUT2D eigenvalue weighted by molar-refractivity contribution is 9.10. The van der Waals surface area contributed by atoms with Crippen LogP contribution in [0.25, 0.3) is 16.6 Å². The molecule has 0 amide bonds. The minimum atomic E-state index is 0.933. The molecule has 0 spiro atoms. The molecular weight excluding hydrogens is 242 g/mol. The van der Waals surface area contributed by atoms with Gasteiger partial charge >= 0.3 is 0 Å². The highest BCUT2D eigenvalue weighted by atomic mass is 79.9. The highest BCUT2D eigenvalue weighted by Gasteiger charge is 2.08. The predicted molar refractivity (Wildman–Crippen MR) is 58.2 cm³/mol. The zero-order valence-electron chi connectivity index (χ0n) is 7.18. The zero-order chi connectivity index (χ0) is 9.54. The Kier molecular flexibility index (Phi) is 1.58. The molecule has 3 aromatic rings. The molecule has 0 unspecified atom stereocenters. The first kappa shape index (κ1) is 7.94. The van der Waals surface area contributed by atoms with Crippen LogP contribution in [0.2, 0.25) is 0 Å². The van der Waals surface area contributed by atoms with Gasteiger partial charge in [0.05, 0.1) is 9.99 Å². The van der Waals surface area contributed by atoms with Crippen molar-refractivity contribution < 1.29 is 0 Å². The SMILES string of the molecule is Brc1c2cccnc2n2cnccc12. The molecule has 0 N–H and O–H groups in total. The van der Waals surface area contributed by atoms with Crippen LogP contribution in [-0.2, 0) is 0 Å². The molecule has 0 aliphatic heterocycles. The fraction of sp³-hybridized carbons (Fsp3) is 0. The molecule has 0 atom stereocenters. The standard InChI is InChI=1S/C10H6BrN3/c11-9-7-2-1-4-13-10(7)14-6-12-5-3-8(9)14/h1-6H. The third-order valence-electron chi connectivity index (χ3n) is 2.24. The molecule has 3 rings (SSSR count). The van der Waals surface area contributed by atoms with Gasteiger partial charge in [0.1, 0.15) is 12.0 Å². The van der Waals surface area contributed by atoms with Crippen LogP contribution >= 0.6 is 15.9 Å². The fourth-order valence-electron chi connectivity index (χ4n) is 1.61. The maximum atomic E-state index is 4.32. The normalized spacial score (nSPS) is 11.2. The Morgan fingerprint density at radius 2 is 2.14 bits per heavy atom. The van der Waals surface area contributed by atoms with Crippen LogP contribution in [0, 0.1) is 0 Å². The second-order valence-corrected chi connectivity index (χ2v) is 3.82. The average Bonchev–Trinajstić information content (AvgIpc) is 2.55. The number of pyridine rings is 1. The van der Waals surface area contributed by atoms with Crippen LogP contribution in [0.1, 0.15) is 0 Å². The van der Waals surface area contributed by atoms with E-state index in [-0.39, 0.29) is 0 Å². The van der Waals surface area contributed by atoms with Gasteiger partial charge in [0.15, 0.2) is 0 Å². The zero-order valence-corrected chi connectivity index (χ0v) is 8.77. The summed E-state index contributed by atoms with van der Waals surface area (Å²) in [6.07, 6.45) is 5.34. The number of nitrogens with zero attached hydrogens (tertiary/aromatic N) is 3. The Morgan fingerprint density at radius 3 is 3.07 bits per heavy atom. The Balaban J connectivity index is 2.69. The summed E-state index contributed by atoms with van der Waals surface area (Å²) in [6, 6.07) is 5.94. The van der Waals surface area contributed by atoms with E-state index >= 15 is 0 Å². The van der Waals surface area contributed by atoms with E-state index in [0.29, 0.717) is 0 Å². The molecule has 3 aromatic heterocycles. The van der Waals surface area contributed by atoms with Crippen molar-refractivity contribution in [2.24, 2.45) is 0 Å². The number of hydrogen-bond acceptors (Lipinski definition) is 2. The van der Waals surface area contributed by atoms with Gasteiger partial charge in [-0.1, -0.05) is 0 Å². The largest absolute Gasteiger partial charge is 0.283 e. The molecule has 3 heterocycles. The first-order valence-corrected chi connectivity index (χ1v) is 5.01. The summed E-state index contributed by atoms with van der Waals surface area (Å²) in [6.45, 7) is 0. The summed E-state index contributed by atoms with van der Waals surface area (Å²) in [5, 5.41) is 1.11. The third-order valence-corrected chi connectivity index (χ3v) is 3.07. The van der Waals surface area contributed by atoms with E-state index in [9.17, 15) is 0 Å². The number of halogens is 1. The van der Waals surface area contributed by atoms with Crippen LogP contribution in [0.3, 0.4) is 0 Å². The Bertz CT molecular complexity index is 562. The minimum Gasteiger partial charge on any atom is -0.283 e. The van der Waals surface area contributed by atoms with E-state index < -0.39 is 0 Å². The van der Waals surface area contributed by atoms with E-state index in [1.807, 2.05) is 22.6 Å². The van der Waals surface area contributed by atoms with Gasteiger partial charge in [-0.2, -0.15) is 0 Å². The Labute approximate surface area is 88.5 Å². The quantitative estimate of drug-likeness (QED) is 0.612. The van der Waals surface area contributed by atoms with Crippen molar-refractivity contribution in [3.8, 4) is 0 Å². The van der Waals surface area contributed by atoms with Gasteiger partial charge in [-0.05, 0) is 34.1 Å². The molecule has 0 aromatic carbocycles. The van der Waals surface area contributed by atoms with E-state index in [2.05, 4.69) is 25.9 Å². The molecule has 0 fully saturated rings. The van der Waals surface area contributed by atoms with Crippen molar-refractivity contribution in [2.75, 3.05) is 0 Å². The second kappa shape index (κ2) is 2.78. The van der Waals surface area contributed by atoms with Crippen LogP contribution in [0.5, 0.6) is 0 Å². The average molecular weight is 248 g/mol. The molecule has 0 bridgehead atoms. The molecule has 0 aliphatic carbocycles. The third kappa shape index (κ3) is 0.915. The van der Waals surface area contributed by atoms with Crippen LogP contribution in [0.4, 0.5) is 0 Å². The molecule has 3 nitrogen and oxygen atoms in total. The number of fused-ring (bicyclic) bond motifs is 3. The summed E-state index contributed by atoms with van der Waals surface area (Å²) in [5.74, 6) is 0. The summed E-state index contributed by atoms with van der Waals surface area (Å²) >= 11 is 3.56. The van der Waals surface area contributed by atoms with Crippen molar-refractivity contribution >= 4 is 32.5 Å². The van der Waals surface area contributed by atoms with Crippen molar-refractivity contribution in [3.05, 3.63) is 41.4 Å². The Hall–Kier alpha value is -1.42. The molecule has 0 radical (unpaired) electrons. The van der Waals surface area contributed by atoms with Gasteiger partial charge < -0.3 is 0 Å². The lowest BCUT2D eigenvalue weighted by Crippen LogP contribution is -1.86. The van der Waals surface area contributed by atoms with Gasteiger partial charge in [-0.3, -0.25) is 4.40 Å². The summed E-state index contributed by atoms with van der Waals surface area (Å²) in [5.41, 5.74) is 2.02. The van der Waals surface area contributed by atoms with Gasteiger partial charge in [-0.25, -0.2) is 9.97 Å². The summed E-state index contributed by atoms with van der Waals surface area (Å²) in [4.78, 5) is 8.40.